The molecule has 0 saturated carbocycles. The third kappa shape index (κ3) is 4.19. The first-order valence-corrected chi connectivity index (χ1v) is 8.93. The van der Waals surface area contributed by atoms with Gasteiger partial charge in [-0.05, 0) is 37.5 Å². The second-order valence-electron chi connectivity index (χ2n) is 6.97. The van der Waals surface area contributed by atoms with Crippen molar-refractivity contribution in [1.29, 1.82) is 0 Å². The number of rotatable bonds is 4. The highest BCUT2D eigenvalue weighted by atomic mass is 16.2. The van der Waals surface area contributed by atoms with E-state index in [0.29, 0.717) is 25.1 Å². The minimum atomic E-state index is -0.580. The van der Waals surface area contributed by atoms with Crippen molar-refractivity contribution in [3.05, 3.63) is 63.6 Å². The van der Waals surface area contributed by atoms with Gasteiger partial charge in [-0.25, -0.2) is 4.79 Å². The molecule has 0 spiro atoms. The zero-order chi connectivity index (χ0) is 19.6. The van der Waals surface area contributed by atoms with Crippen molar-refractivity contribution in [3.63, 3.8) is 0 Å². The van der Waals surface area contributed by atoms with Crippen LogP contribution < -0.4 is 16.2 Å². The summed E-state index contributed by atoms with van der Waals surface area (Å²) in [6, 6.07) is 8.67. The van der Waals surface area contributed by atoms with Crippen LogP contribution in [0.1, 0.15) is 23.1 Å². The van der Waals surface area contributed by atoms with Gasteiger partial charge in [-0.15, -0.1) is 0 Å². The lowest BCUT2D eigenvalue weighted by Crippen LogP contribution is -2.44. The fourth-order valence-corrected chi connectivity index (χ4v) is 3.12. The molecule has 7 heteroatoms. The smallest absolute Gasteiger partial charge is 0.320 e. The molecule has 142 valence electrons. The molecular weight excluding hydrogens is 344 g/mol. The summed E-state index contributed by atoms with van der Waals surface area (Å²) < 4.78 is 1.40. The molecule has 7 nitrogen and oxygen atoms in total. The number of likely N-dealkylation sites (tertiary alicyclic amines) is 1. The van der Waals surface area contributed by atoms with Gasteiger partial charge >= 0.3 is 6.03 Å². The average molecular weight is 368 g/mol. The molecule has 2 heterocycles. The average Bonchev–Trinajstić information content (AvgIpc) is 2.97. The van der Waals surface area contributed by atoms with Gasteiger partial charge in [0.1, 0.15) is 11.7 Å². The van der Waals surface area contributed by atoms with Gasteiger partial charge in [0.2, 0.25) is 5.91 Å². The summed E-state index contributed by atoms with van der Waals surface area (Å²) in [7, 11) is 1.62. The van der Waals surface area contributed by atoms with E-state index >= 15 is 0 Å². The van der Waals surface area contributed by atoms with Crippen LogP contribution in [0.3, 0.4) is 0 Å². The van der Waals surface area contributed by atoms with Crippen molar-refractivity contribution in [1.82, 2.24) is 14.8 Å². The van der Waals surface area contributed by atoms with Crippen LogP contribution in [0.2, 0.25) is 0 Å². The van der Waals surface area contributed by atoms with Crippen molar-refractivity contribution in [2.24, 2.45) is 7.05 Å². The van der Waals surface area contributed by atoms with Gasteiger partial charge in [0.15, 0.2) is 0 Å². The molecule has 1 unspecified atom stereocenters. The number of hydrogen-bond donors (Lipinski definition) is 2. The molecule has 27 heavy (non-hydrogen) atoms. The highest BCUT2D eigenvalue weighted by molar-refractivity contribution is 5.94. The first-order valence-electron chi connectivity index (χ1n) is 8.93. The first-order chi connectivity index (χ1) is 12.8. The number of amides is 3. The standard InChI is InChI=1S/C20H24N4O3/c1-13-4-6-15(7-5-13)12-24-11-9-16(18(24)25)21-20(27)22-17-14(2)8-10-23(3)19(17)26/h4-8,10,16H,9,11-12H2,1-3H3,(H2,21,22,27). The van der Waals surface area contributed by atoms with Gasteiger partial charge in [0.25, 0.3) is 5.56 Å². The molecule has 2 aromatic rings. The highest BCUT2D eigenvalue weighted by Crippen LogP contribution is 2.16. The number of pyridine rings is 1. The molecular formula is C20H24N4O3. The molecule has 1 atom stereocenters. The Hall–Kier alpha value is -3.09. The number of nitrogens with one attached hydrogen (secondary N) is 2. The predicted octanol–water partition coefficient (Wildman–Crippen LogP) is 1.92. The van der Waals surface area contributed by atoms with Crippen LogP contribution in [-0.2, 0) is 18.4 Å². The lowest BCUT2D eigenvalue weighted by atomic mass is 10.1. The fraction of sp³-hybridized carbons (Fsp3) is 0.350. The molecule has 0 radical (unpaired) electrons. The lowest BCUT2D eigenvalue weighted by molar-refractivity contribution is -0.129. The molecule has 3 rings (SSSR count). The molecule has 1 aromatic carbocycles. The van der Waals surface area contributed by atoms with Crippen LogP contribution >= 0.6 is 0 Å². The Morgan fingerprint density at radius 2 is 1.85 bits per heavy atom. The SMILES string of the molecule is Cc1ccc(CN2CCC(NC(=O)Nc3c(C)ccn(C)c3=O)C2=O)cc1. The monoisotopic (exact) mass is 368 g/mol. The van der Waals surface area contributed by atoms with E-state index in [1.807, 2.05) is 31.2 Å². The lowest BCUT2D eigenvalue weighted by Gasteiger charge is -2.18. The van der Waals surface area contributed by atoms with Crippen LogP contribution in [0.5, 0.6) is 0 Å². The molecule has 0 bridgehead atoms. The summed E-state index contributed by atoms with van der Waals surface area (Å²) in [5.41, 5.74) is 2.84. The van der Waals surface area contributed by atoms with Gasteiger partial charge in [-0.2, -0.15) is 0 Å². The van der Waals surface area contributed by atoms with Gasteiger partial charge in [0, 0.05) is 26.3 Å². The second kappa shape index (κ2) is 7.65. The number of carbonyl (C=O) groups is 2. The number of carbonyl (C=O) groups excluding carboxylic acids is 2. The maximum Gasteiger partial charge on any atom is 0.320 e. The second-order valence-corrected chi connectivity index (χ2v) is 6.97. The number of hydrogen-bond acceptors (Lipinski definition) is 3. The highest BCUT2D eigenvalue weighted by Gasteiger charge is 2.32. The molecule has 1 aromatic heterocycles. The molecule has 2 N–H and O–H groups in total. The Morgan fingerprint density at radius 3 is 2.56 bits per heavy atom. The van der Waals surface area contributed by atoms with E-state index in [4.69, 9.17) is 0 Å². The molecule has 1 fully saturated rings. The predicted molar refractivity (Wildman–Crippen MR) is 104 cm³/mol. The van der Waals surface area contributed by atoms with Crippen LogP contribution in [0.15, 0.2) is 41.3 Å². The minimum Gasteiger partial charge on any atom is -0.336 e. The van der Waals surface area contributed by atoms with Gasteiger partial charge < -0.3 is 20.1 Å². The first kappa shape index (κ1) is 18.7. The van der Waals surface area contributed by atoms with E-state index in [2.05, 4.69) is 10.6 Å². The summed E-state index contributed by atoms with van der Waals surface area (Å²) in [5, 5.41) is 5.27. The number of aryl methyl sites for hydroxylation is 3. The van der Waals surface area contributed by atoms with E-state index in [1.54, 1.807) is 31.1 Å². The Labute approximate surface area is 158 Å². The quantitative estimate of drug-likeness (QED) is 0.865. The third-order valence-corrected chi connectivity index (χ3v) is 4.81. The van der Waals surface area contributed by atoms with Crippen LogP contribution in [0.25, 0.3) is 0 Å². The largest absolute Gasteiger partial charge is 0.336 e. The molecule has 1 aliphatic rings. The Kier molecular flexibility index (Phi) is 5.30. The van der Waals surface area contributed by atoms with E-state index in [9.17, 15) is 14.4 Å². The van der Waals surface area contributed by atoms with Crippen molar-refractivity contribution < 1.29 is 9.59 Å². The van der Waals surface area contributed by atoms with Gasteiger partial charge in [-0.3, -0.25) is 9.59 Å². The van der Waals surface area contributed by atoms with Crippen molar-refractivity contribution in [2.75, 3.05) is 11.9 Å². The van der Waals surface area contributed by atoms with Gasteiger partial charge in [0.05, 0.1) is 0 Å². The minimum absolute atomic E-state index is 0.108. The molecule has 1 aliphatic heterocycles. The van der Waals surface area contributed by atoms with Crippen molar-refractivity contribution >= 4 is 17.6 Å². The fourth-order valence-electron chi connectivity index (χ4n) is 3.12. The zero-order valence-electron chi connectivity index (χ0n) is 15.8. The van der Waals surface area contributed by atoms with Crippen LogP contribution in [0, 0.1) is 13.8 Å². The number of nitrogens with zero attached hydrogens (tertiary/aromatic N) is 2. The van der Waals surface area contributed by atoms with Crippen LogP contribution in [-0.4, -0.2) is 34.0 Å². The molecule has 3 amide bonds. The van der Waals surface area contributed by atoms with E-state index in [1.165, 1.54) is 10.1 Å². The molecule has 0 aliphatic carbocycles. The number of anilines is 1. The Morgan fingerprint density at radius 1 is 1.15 bits per heavy atom. The number of aromatic nitrogens is 1. The van der Waals surface area contributed by atoms with Crippen molar-refractivity contribution in [3.8, 4) is 0 Å². The topological polar surface area (TPSA) is 83.4 Å². The third-order valence-electron chi connectivity index (χ3n) is 4.81. The summed E-state index contributed by atoms with van der Waals surface area (Å²) in [6.45, 7) is 4.88. The zero-order valence-corrected chi connectivity index (χ0v) is 15.8. The summed E-state index contributed by atoms with van der Waals surface area (Å²) in [4.78, 5) is 38.8. The van der Waals surface area contributed by atoms with Gasteiger partial charge in [-0.1, -0.05) is 29.8 Å². The summed E-state index contributed by atoms with van der Waals surface area (Å²) >= 11 is 0. The van der Waals surface area contributed by atoms with E-state index in [-0.39, 0.29) is 17.2 Å². The van der Waals surface area contributed by atoms with Crippen LogP contribution in [0.4, 0.5) is 10.5 Å². The normalized spacial score (nSPS) is 16.5. The molecule has 1 saturated heterocycles. The summed E-state index contributed by atoms with van der Waals surface area (Å²) in [5.74, 6) is -0.108. The van der Waals surface area contributed by atoms with E-state index < -0.39 is 12.1 Å². The maximum atomic E-state index is 12.6. The number of urea groups is 1. The van der Waals surface area contributed by atoms with Crippen molar-refractivity contribution in [2.45, 2.75) is 32.9 Å². The maximum absolute atomic E-state index is 12.6. The Balaban J connectivity index is 1.61. The Bertz CT molecular complexity index is 918. The van der Waals surface area contributed by atoms with E-state index in [0.717, 1.165) is 5.56 Å². The number of benzene rings is 1. The summed E-state index contributed by atoms with van der Waals surface area (Å²) in [6.07, 6.45) is 2.19.